The lowest BCUT2D eigenvalue weighted by Gasteiger charge is -2.25. The van der Waals surface area contributed by atoms with E-state index in [0.717, 1.165) is 31.7 Å². The topological polar surface area (TPSA) is 31.4 Å². The molecule has 0 aromatic carbocycles. The van der Waals surface area contributed by atoms with Crippen molar-refractivity contribution in [2.45, 2.75) is 37.9 Å². The highest BCUT2D eigenvalue weighted by Crippen LogP contribution is 2.31. The zero-order chi connectivity index (χ0) is 12.5. The second-order valence-corrected chi connectivity index (χ2v) is 6.27. The Hall–Kier alpha value is -0.650. The van der Waals surface area contributed by atoms with Crippen LogP contribution in [0.5, 0.6) is 0 Å². The molecule has 4 nitrogen and oxygen atoms in total. The average molecular weight is 266 g/mol. The molecular formula is C13H22N4S. The van der Waals surface area contributed by atoms with Crippen LogP contribution in [0.1, 0.15) is 25.0 Å². The summed E-state index contributed by atoms with van der Waals surface area (Å²) in [5.74, 6) is 0. The zero-order valence-electron chi connectivity index (χ0n) is 11.2. The summed E-state index contributed by atoms with van der Waals surface area (Å²) in [6.45, 7) is 3.19. The highest BCUT2D eigenvalue weighted by atomic mass is 32.1. The number of anilines is 1. The maximum atomic E-state index is 4.74. The normalized spacial score (nSPS) is 28.7. The van der Waals surface area contributed by atoms with Gasteiger partial charge in [-0.25, -0.2) is 4.98 Å². The molecule has 0 saturated carbocycles. The van der Waals surface area contributed by atoms with E-state index in [-0.39, 0.29) is 0 Å². The highest BCUT2D eigenvalue weighted by molar-refractivity contribution is 7.13. The minimum Gasteiger partial charge on any atom is -0.346 e. The minimum absolute atomic E-state index is 0.731. The van der Waals surface area contributed by atoms with Gasteiger partial charge in [0.25, 0.3) is 0 Å². The first-order valence-corrected chi connectivity index (χ1v) is 7.72. The summed E-state index contributed by atoms with van der Waals surface area (Å²) in [6.07, 6.45) is 4.03. The average Bonchev–Trinajstić information content (AvgIpc) is 2.87. The summed E-state index contributed by atoms with van der Waals surface area (Å²) in [5.41, 5.74) is 1.17. The molecule has 100 valence electrons. The Kier molecular flexibility index (Phi) is 3.54. The molecule has 1 aromatic heterocycles. The molecule has 3 rings (SSSR count). The van der Waals surface area contributed by atoms with Gasteiger partial charge in [-0.1, -0.05) is 0 Å². The van der Waals surface area contributed by atoms with E-state index in [9.17, 15) is 0 Å². The van der Waals surface area contributed by atoms with E-state index in [1.807, 2.05) is 7.05 Å². The van der Waals surface area contributed by atoms with Gasteiger partial charge >= 0.3 is 0 Å². The predicted molar refractivity (Wildman–Crippen MR) is 76.3 cm³/mol. The lowest BCUT2D eigenvalue weighted by Crippen LogP contribution is -2.36. The van der Waals surface area contributed by atoms with Crippen LogP contribution in [0.3, 0.4) is 0 Å². The Morgan fingerprint density at radius 2 is 2.22 bits per heavy atom. The predicted octanol–water partition coefficient (Wildman–Crippen LogP) is 1.54. The van der Waals surface area contributed by atoms with Gasteiger partial charge in [0.1, 0.15) is 0 Å². The van der Waals surface area contributed by atoms with Crippen molar-refractivity contribution in [1.29, 1.82) is 0 Å². The maximum Gasteiger partial charge on any atom is 0.185 e. The van der Waals surface area contributed by atoms with Gasteiger partial charge in [0.05, 0.1) is 5.69 Å². The van der Waals surface area contributed by atoms with E-state index >= 15 is 0 Å². The van der Waals surface area contributed by atoms with Crippen molar-refractivity contribution in [2.24, 2.45) is 0 Å². The zero-order valence-corrected chi connectivity index (χ0v) is 12.0. The van der Waals surface area contributed by atoms with E-state index in [2.05, 4.69) is 27.5 Å². The first kappa shape index (κ1) is 12.4. The molecule has 1 aromatic rings. The molecule has 5 heteroatoms. The fourth-order valence-corrected chi connectivity index (χ4v) is 4.05. The SMILES string of the molecule is CNCc1csc(N2CCC3CCC(C2)N3C)n1. The third-order valence-corrected chi connectivity index (χ3v) is 5.27. The number of fused-ring (bicyclic) bond motifs is 2. The second-order valence-electron chi connectivity index (χ2n) is 5.44. The van der Waals surface area contributed by atoms with Crippen molar-refractivity contribution in [1.82, 2.24) is 15.2 Å². The first-order valence-electron chi connectivity index (χ1n) is 6.84. The quantitative estimate of drug-likeness (QED) is 0.899. The Balaban J connectivity index is 1.72. The number of hydrogen-bond acceptors (Lipinski definition) is 5. The van der Waals surface area contributed by atoms with Crippen LogP contribution < -0.4 is 10.2 Å². The van der Waals surface area contributed by atoms with Crippen molar-refractivity contribution in [3.05, 3.63) is 11.1 Å². The summed E-state index contributed by atoms with van der Waals surface area (Å²) in [4.78, 5) is 9.81. The van der Waals surface area contributed by atoms with Crippen LogP contribution >= 0.6 is 11.3 Å². The third kappa shape index (κ3) is 2.27. The number of nitrogens with zero attached hydrogens (tertiary/aromatic N) is 3. The van der Waals surface area contributed by atoms with Crippen molar-refractivity contribution in [2.75, 3.05) is 32.1 Å². The molecular weight excluding hydrogens is 244 g/mol. The van der Waals surface area contributed by atoms with E-state index in [0.29, 0.717) is 0 Å². The third-order valence-electron chi connectivity index (χ3n) is 4.32. The van der Waals surface area contributed by atoms with E-state index in [1.54, 1.807) is 11.3 Å². The Bertz CT molecular complexity index is 405. The van der Waals surface area contributed by atoms with Crippen LogP contribution in [-0.2, 0) is 6.54 Å². The lowest BCUT2D eigenvalue weighted by atomic mass is 10.1. The van der Waals surface area contributed by atoms with Crippen LogP contribution in [0.2, 0.25) is 0 Å². The Morgan fingerprint density at radius 3 is 3.06 bits per heavy atom. The molecule has 18 heavy (non-hydrogen) atoms. The number of aromatic nitrogens is 1. The van der Waals surface area contributed by atoms with Gasteiger partial charge in [-0.3, -0.25) is 4.90 Å². The lowest BCUT2D eigenvalue weighted by molar-refractivity contribution is 0.254. The van der Waals surface area contributed by atoms with Gasteiger partial charge in [0.2, 0.25) is 0 Å². The monoisotopic (exact) mass is 266 g/mol. The van der Waals surface area contributed by atoms with Crippen molar-refractivity contribution in [3.63, 3.8) is 0 Å². The van der Waals surface area contributed by atoms with E-state index < -0.39 is 0 Å². The standard InChI is InChI=1S/C13H22N4S/c1-14-7-10-9-18-13(15-10)17-6-5-11-3-4-12(8-17)16(11)2/h9,11-12,14H,3-8H2,1-2H3. The largest absolute Gasteiger partial charge is 0.346 e. The molecule has 3 heterocycles. The van der Waals surface area contributed by atoms with Gasteiger partial charge in [-0.2, -0.15) is 0 Å². The number of thiazole rings is 1. The fourth-order valence-electron chi connectivity index (χ4n) is 3.19. The molecule has 2 saturated heterocycles. The van der Waals surface area contributed by atoms with Crippen LogP contribution in [0.25, 0.3) is 0 Å². The van der Waals surface area contributed by atoms with Crippen molar-refractivity contribution >= 4 is 16.5 Å². The Morgan fingerprint density at radius 1 is 1.39 bits per heavy atom. The van der Waals surface area contributed by atoms with Crippen LogP contribution in [-0.4, -0.2) is 49.2 Å². The molecule has 0 amide bonds. The van der Waals surface area contributed by atoms with Gasteiger partial charge in [-0.05, 0) is 33.4 Å². The molecule has 2 aliphatic rings. The number of nitrogens with one attached hydrogen (secondary N) is 1. The number of hydrogen-bond donors (Lipinski definition) is 1. The fraction of sp³-hybridized carbons (Fsp3) is 0.769. The van der Waals surface area contributed by atoms with Crippen molar-refractivity contribution < 1.29 is 0 Å². The smallest absolute Gasteiger partial charge is 0.185 e. The van der Waals surface area contributed by atoms with Gasteiger partial charge in [0, 0.05) is 37.1 Å². The van der Waals surface area contributed by atoms with Crippen LogP contribution in [0, 0.1) is 0 Å². The number of likely N-dealkylation sites (N-methyl/N-ethyl adjacent to an activating group) is 1. The molecule has 2 aliphatic heterocycles. The summed E-state index contributed by atoms with van der Waals surface area (Å²) in [7, 11) is 4.26. The summed E-state index contributed by atoms with van der Waals surface area (Å²) >= 11 is 1.79. The summed E-state index contributed by atoms with van der Waals surface area (Å²) in [5, 5.41) is 6.55. The molecule has 1 N–H and O–H groups in total. The molecule has 0 spiro atoms. The van der Waals surface area contributed by atoms with Crippen molar-refractivity contribution in [3.8, 4) is 0 Å². The minimum atomic E-state index is 0.731. The van der Waals surface area contributed by atoms with E-state index in [1.165, 1.54) is 30.1 Å². The molecule has 2 bridgehead atoms. The second kappa shape index (κ2) is 5.15. The van der Waals surface area contributed by atoms with Crippen LogP contribution in [0.4, 0.5) is 5.13 Å². The molecule has 2 unspecified atom stereocenters. The summed E-state index contributed by atoms with van der Waals surface area (Å²) < 4.78 is 0. The maximum absolute atomic E-state index is 4.74. The molecule has 2 fully saturated rings. The van der Waals surface area contributed by atoms with Gasteiger partial charge in [-0.15, -0.1) is 11.3 Å². The summed E-state index contributed by atoms with van der Waals surface area (Å²) in [6, 6.07) is 1.53. The first-order chi connectivity index (χ1) is 8.78. The molecule has 0 aliphatic carbocycles. The van der Waals surface area contributed by atoms with Crippen LogP contribution in [0.15, 0.2) is 5.38 Å². The van der Waals surface area contributed by atoms with Gasteiger partial charge < -0.3 is 10.2 Å². The number of rotatable bonds is 3. The molecule has 2 atom stereocenters. The highest BCUT2D eigenvalue weighted by Gasteiger charge is 2.35. The Labute approximate surface area is 113 Å². The molecule has 0 radical (unpaired) electrons. The van der Waals surface area contributed by atoms with Gasteiger partial charge in [0.15, 0.2) is 5.13 Å². The van der Waals surface area contributed by atoms with E-state index in [4.69, 9.17) is 4.98 Å².